The number of aryl methyl sites for hydroxylation is 1. The summed E-state index contributed by atoms with van der Waals surface area (Å²) >= 11 is 3.24. The number of thiazole rings is 1. The molecule has 10 heteroatoms. The third-order valence-corrected chi connectivity index (χ3v) is 11.9. The van der Waals surface area contributed by atoms with Crippen LogP contribution in [0.25, 0.3) is 10.4 Å². The minimum atomic E-state index is -1.89. The maximum absolute atomic E-state index is 14.8. The van der Waals surface area contributed by atoms with Gasteiger partial charge >= 0.3 is 0 Å². The molecule has 2 aliphatic rings. The maximum Gasteiger partial charge on any atom is 0.258 e. The van der Waals surface area contributed by atoms with E-state index in [9.17, 15) is 18.8 Å². The van der Waals surface area contributed by atoms with Gasteiger partial charge in [0.05, 0.1) is 16.1 Å². The standard InChI is InChI=1S/C34H49FN4O3S2/c1-7-22(2)10-11-23(3)20-44-33(5,6)29(38-32(42)34(35)16-17-34)31(41)39-18-8-9-27(39)30(40)36-19-25-12-14-26(15-13-25)28-24(4)37-21-43-28/h12-15,21-23,27,29H,7-11,16-20H2,1-6H3,(H,36,40)(H,38,42)/t22-,23+,27?,29?/m0/s1. The minimum Gasteiger partial charge on any atom is -0.350 e. The average Bonchev–Trinajstić information content (AvgIpc) is 3.37. The summed E-state index contributed by atoms with van der Waals surface area (Å²) < 4.78 is 14.1. The second kappa shape index (κ2) is 14.8. The SMILES string of the molecule is CC[C@H](C)CC[C@@H](C)CSC(C)(C)C(NC(=O)C1(F)CC1)C(=O)N1CCCC1C(=O)NCc1ccc(-c2scnc2C)cc1. The van der Waals surface area contributed by atoms with Crippen LogP contribution in [0.2, 0.25) is 0 Å². The number of rotatable bonds is 15. The van der Waals surface area contributed by atoms with E-state index in [0.717, 1.165) is 46.7 Å². The van der Waals surface area contributed by atoms with Crippen LogP contribution in [0.1, 0.15) is 90.8 Å². The van der Waals surface area contributed by atoms with Gasteiger partial charge in [0.2, 0.25) is 11.8 Å². The van der Waals surface area contributed by atoms with Crippen molar-refractivity contribution in [2.24, 2.45) is 11.8 Å². The molecule has 1 aromatic carbocycles. The summed E-state index contributed by atoms with van der Waals surface area (Å²) in [5.74, 6) is 0.710. The Kier molecular flexibility index (Phi) is 11.5. The van der Waals surface area contributed by atoms with Gasteiger partial charge < -0.3 is 15.5 Å². The van der Waals surface area contributed by atoms with E-state index in [4.69, 9.17) is 0 Å². The monoisotopic (exact) mass is 644 g/mol. The molecular weight excluding hydrogens is 596 g/mol. The van der Waals surface area contributed by atoms with Gasteiger partial charge in [0, 0.05) is 17.8 Å². The van der Waals surface area contributed by atoms with E-state index in [1.165, 1.54) is 0 Å². The molecule has 0 radical (unpaired) electrons. The number of amides is 3. The molecule has 2 aromatic rings. The van der Waals surface area contributed by atoms with Crippen LogP contribution in [0.15, 0.2) is 29.8 Å². The van der Waals surface area contributed by atoms with Crippen LogP contribution in [0.5, 0.6) is 0 Å². The highest BCUT2D eigenvalue weighted by Gasteiger charge is 2.53. The molecule has 0 bridgehead atoms. The number of carbonyl (C=O) groups excluding carboxylic acids is 3. The van der Waals surface area contributed by atoms with E-state index in [1.54, 1.807) is 28.0 Å². The van der Waals surface area contributed by atoms with Crippen molar-refractivity contribution in [2.45, 2.75) is 116 Å². The van der Waals surface area contributed by atoms with Crippen LogP contribution in [0.4, 0.5) is 4.39 Å². The summed E-state index contributed by atoms with van der Waals surface area (Å²) in [6.45, 7) is 13.3. The van der Waals surface area contributed by atoms with Crippen LogP contribution >= 0.6 is 23.1 Å². The van der Waals surface area contributed by atoms with Crippen molar-refractivity contribution in [1.29, 1.82) is 0 Å². The molecule has 2 N–H and O–H groups in total. The normalized spacial score (nSPS) is 19.7. The van der Waals surface area contributed by atoms with Crippen LogP contribution in [-0.2, 0) is 20.9 Å². The zero-order chi connectivity index (χ0) is 32.1. The average molecular weight is 645 g/mol. The first kappa shape index (κ1) is 34.4. The Hall–Kier alpha value is -2.46. The Balaban J connectivity index is 1.41. The number of alkyl halides is 1. The van der Waals surface area contributed by atoms with Gasteiger partial charge in [-0.05, 0) is 81.6 Å². The summed E-state index contributed by atoms with van der Waals surface area (Å²) in [5.41, 5.74) is 2.99. The molecule has 242 valence electrons. The van der Waals surface area contributed by atoms with Crippen LogP contribution in [0, 0.1) is 18.8 Å². The number of carbonyl (C=O) groups is 3. The molecule has 7 nitrogen and oxygen atoms in total. The Morgan fingerprint density at radius 1 is 1.16 bits per heavy atom. The largest absolute Gasteiger partial charge is 0.350 e. The number of likely N-dealkylation sites (tertiary alicyclic amines) is 1. The summed E-state index contributed by atoms with van der Waals surface area (Å²) in [4.78, 5) is 47.5. The lowest BCUT2D eigenvalue weighted by molar-refractivity contribution is -0.143. The van der Waals surface area contributed by atoms with Crippen molar-refractivity contribution in [2.75, 3.05) is 12.3 Å². The lowest BCUT2D eigenvalue weighted by Crippen LogP contribution is -2.61. The predicted molar refractivity (Wildman–Crippen MR) is 178 cm³/mol. The third kappa shape index (κ3) is 8.62. The molecule has 1 saturated carbocycles. The van der Waals surface area contributed by atoms with Crippen LogP contribution < -0.4 is 10.6 Å². The number of nitrogens with one attached hydrogen (secondary N) is 2. The van der Waals surface area contributed by atoms with E-state index in [1.807, 2.05) is 50.5 Å². The molecule has 2 unspecified atom stereocenters. The highest BCUT2D eigenvalue weighted by Crippen LogP contribution is 2.41. The Labute approximate surface area is 270 Å². The molecule has 1 saturated heterocycles. The molecular formula is C34H49FN4O3S2. The number of hydrogen-bond donors (Lipinski definition) is 2. The van der Waals surface area contributed by atoms with Gasteiger partial charge in [0.25, 0.3) is 5.91 Å². The van der Waals surface area contributed by atoms with Crippen molar-refractivity contribution in [3.8, 4) is 10.4 Å². The number of aromatic nitrogens is 1. The first-order valence-corrected chi connectivity index (χ1v) is 17.9. The zero-order valence-corrected chi connectivity index (χ0v) is 28.7. The molecule has 4 atom stereocenters. The van der Waals surface area contributed by atoms with E-state index >= 15 is 0 Å². The highest BCUT2D eigenvalue weighted by atomic mass is 32.2. The lowest BCUT2D eigenvalue weighted by atomic mass is 9.97. The van der Waals surface area contributed by atoms with Crippen molar-refractivity contribution < 1.29 is 18.8 Å². The molecule has 1 aliphatic carbocycles. The minimum absolute atomic E-state index is 0.180. The van der Waals surface area contributed by atoms with E-state index < -0.39 is 28.4 Å². The number of benzene rings is 1. The number of hydrogen-bond acceptors (Lipinski definition) is 6. The van der Waals surface area contributed by atoms with Crippen LogP contribution in [0.3, 0.4) is 0 Å². The highest BCUT2D eigenvalue weighted by molar-refractivity contribution is 8.00. The molecule has 1 aromatic heterocycles. The van der Waals surface area contributed by atoms with Gasteiger partial charge in [-0.15, -0.1) is 11.3 Å². The quantitative estimate of drug-likeness (QED) is 0.226. The van der Waals surface area contributed by atoms with E-state index in [2.05, 4.69) is 36.4 Å². The molecule has 44 heavy (non-hydrogen) atoms. The van der Waals surface area contributed by atoms with E-state index in [-0.39, 0.29) is 24.7 Å². The molecule has 2 heterocycles. The number of thioether (sulfide) groups is 1. The predicted octanol–water partition coefficient (Wildman–Crippen LogP) is 6.69. The van der Waals surface area contributed by atoms with Crippen LogP contribution in [-0.4, -0.2) is 62.4 Å². The topological polar surface area (TPSA) is 91.4 Å². The Morgan fingerprint density at radius 3 is 2.45 bits per heavy atom. The first-order chi connectivity index (χ1) is 20.8. The molecule has 1 aliphatic heterocycles. The maximum atomic E-state index is 14.8. The molecule has 4 rings (SSSR count). The molecule has 3 amide bonds. The number of halogens is 1. The van der Waals surface area contributed by atoms with Gasteiger partial charge in [-0.1, -0.05) is 57.9 Å². The fraction of sp³-hybridized carbons (Fsp3) is 0.647. The Morgan fingerprint density at radius 2 is 1.84 bits per heavy atom. The van der Waals surface area contributed by atoms with Crippen molar-refractivity contribution >= 4 is 40.8 Å². The van der Waals surface area contributed by atoms with Crippen molar-refractivity contribution in [1.82, 2.24) is 20.5 Å². The molecule has 2 fully saturated rings. The van der Waals surface area contributed by atoms with E-state index in [0.29, 0.717) is 37.8 Å². The second-order valence-electron chi connectivity index (χ2n) is 13.4. The van der Waals surface area contributed by atoms with Gasteiger partial charge in [-0.25, -0.2) is 9.37 Å². The van der Waals surface area contributed by atoms with Crippen molar-refractivity contribution in [3.05, 3.63) is 41.0 Å². The summed E-state index contributed by atoms with van der Waals surface area (Å²) in [5, 5.41) is 5.81. The lowest BCUT2D eigenvalue weighted by Gasteiger charge is -2.38. The number of nitrogens with zero attached hydrogens (tertiary/aromatic N) is 2. The molecule has 0 spiro atoms. The summed E-state index contributed by atoms with van der Waals surface area (Å²) in [6, 6.07) is 6.48. The smallest absolute Gasteiger partial charge is 0.258 e. The van der Waals surface area contributed by atoms with Crippen molar-refractivity contribution in [3.63, 3.8) is 0 Å². The third-order valence-electron chi connectivity index (χ3n) is 9.17. The second-order valence-corrected chi connectivity index (χ2v) is 15.9. The zero-order valence-electron chi connectivity index (χ0n) is 27.1. The van der Waals surface area contributed by atoms with Gasteiger partial charge in [-0.3, -0.25) is 14.4 Å². The Bertz CT molecular complexity index is 1290. The summed E-state index contributed by atoms with van der Waals surface area (Å²) in [6.07, 6.45) is 5.01. The first-order valence-electron chi connectivity index (χ1n) is 16.1. The van der Waals surface area contributed by atoms with Gasteiger partial charge in [0.15, 0.2) is 5.67 Å². The van der Waals surface area contributed by atoms with Gasteiger partial charge in [0.1, 0.15) is 12.1 Å². The van der Waals surface area contributed by atoms with Gasteiger partial charge in [-0.2, -0.15) is 11.8 Å². The fourth-order valence-electron chi connectivity index (χ4n) is 5.56. The fourth-order valence-corrected chi connectivity index (χ4v) is 7.57. The summed E-state index contributed by atoms with van der Waals surface area (Å²) in [7, 11) is 0.